The van der Waals surface area contributed by atoms with Crippen LogP contribution in [0.5, 0.6) is 11.5 Å². The van der Waals surface area contributed by atoms with E-state index in [2.05, 4.69) is 21.2 Å². The predicted molar refractivity (Wildman–Crippen MR) is 107 cm³/mol. The van der Waals surface area contributed by atoms with Crippen molar-refractivity contribution in [1.29, 1.82) is 0 Å². The number of urea groups is 1. The Morgan fingerprint density at radius 3 is 2.57 bits per heavy atom. The van der Waals surface area contributed by atoms with Gasteiger partial charge in [-0.1, -0.05) is 19.3 Å². The second-order valence-electron chi connectivity index (χ2n) is 6.75. The zero-order valence-corrected chi connectivity index (χ0v) is 17.5. The second kappa shape index (κ2) is 8.77. The maximum absolute atomic E-state index is 13.0. The molecule has 0 bridgehead atoms. The number of halogens is 1. The summed E-state index contributed by atoms with van der Waals surface area (Å²) >= 11 is 3.43. The molecule has 4 amide bonds. The van der Waals surface area contributed by atoms with Crippen molar-refractivity contribution < 1.29 is 23.9 Å². The van der Waals surface area contributed by atoms with Crippen LogP contribution in [-0.4, -0.2) is 42.5 Å². The summed E-state index contributed by atoms with van der Waals surface area (Å²) in [5, 5.41) is 2.29. The maximum atomic E-state index is 13.0. The first kappa shape index (κ1) is 20.4. The van der Waals surface area contributed by atoms with E-state index in [1.807, 2.05) is 6.92 Å². The van der Waals surface area contributed by atoms with E-state index in [0.29, 0.717) is 28.1 Å². The summed E-state index contributed by atoms with van der Waals surface area (Å²) in [7, 11) is 1.52. The number of ether oxygens (including phenoxy) is 2. The Bertz CT molecular complexity index is 830. The van der Waals surface area contributed by atoms with Crippen LogP contribution in [0.4, 0.5) is 4.79 Å². The quantitative estimate of drug-likeness (QED) is 0.546. The van der Waals surface area contributed by atoms with E-state index in [9.17, 15) is 14.4 Å². The number of methoxy groups -OCH3 is 1. The van der Waals surface area contributed by atoms with Gasteiger partial charge in [0, 0.05) is 6.04 Å². The molecular formula is C20H23BrN2O5. The lowest BCUT2D eigenvalue weighted by atomic mass is 9.93. The van der Waals surface area contributed by atoms with Crippen LogP contribution in [-0.2, 0) is 9.59 Å². The summed E-state index contributed by atoms with van der Waals surface area (Å²) in [6.45, 7) is 2.33. The molecule has 1 aliphatic heterocycles. The molecule has 1 aliphatic carbocycles. The van der Waals surface area contributed by atoms with Crippen molar-refractivity contribution in [3.8, 4) is 11.5 Å². The Balaban J connectivity index is 1.95. The summed E-state index contributed by atoms with van der Waals surface area (Å²) in [6, 6.07) is 2.62. The normalized spacial score (nSPS) is 19.8. The van der Waals surface area contributed by atoms with Crippen LogP contribution in [0.3, 0.4) is 0 Å². The third-order valence-electron chi connectivity index (χ3n) is 4.92. The van der Waals surface area contributed by atoms with Crippen LogP contribution < -0.4 is 14.8 Å². The molecular weight excluding hydrogens is 428 g/mol. The molecule has 2 aliphatic rings. The molecule has 8 heteroatoms. The first-order valence-corrected chi connectivity index (χ1v) is 10.2. The van der Waals surface area contributed by atoms with Crippen LogP contribution in [0.15, 0.2) is 22.2 Å². The van der Waals surface area contributed by atoms with E-state index in [1.54, 1.807) is 12.1 Å². The SMILES string of the molecule is CCOc1c(Br)cc(C=C2C(=O)NC(=O)N(C3CCCCC3)C2=O)cc1OC. The molecule has 1 aromatic carbocycles. The molecule has 1 N–H and O–H groups in total. The lowest BCUT2D eigenvalue weighted by Gasteiger charge is -2.35. The van der Waals surface area contributed by atoms with E-state index in [-0.39, 0.29) is 11.6 Å². The van der Waals surface area contributed by atoms with Crippen molar-refractivity contribution in [3.63, 3.8) is 0 Å². The summed E-state index contributed by atoms with van der Waals surface area (Å²) < 4.78 is 11.6. The smallest absolute Gasteiger partial charge is 0.331 e. The Kier molecular flexibility index (Phi) is 6.39. The predicted octanol–water partition coefficient (Wildman–Crippen LogP) is 3.65. The average Bonchev–Trinajstić information content (AvgIpc) is 2.67. The topological polar surface area (TPSA) is 84.9 Å². The number of hydrogen-bond donors (Lipinski definition) is 1. The van der Waals surface area contributed by atoms with Gasteiger partial charge >= 0.3 is 6.03 Å². The fraction of sp³-hybridized carbons (Fsp3) is 0.450. The van der Waals surface area contributed by atoms with Gasteiger partial charge in [0.2, 0.25) is 0 Å². The van der Waals surface area contributed by atoms with E-state index in [0.717, 1.165) is 32.1 Å². The monoisotopic (exact) mass is 450 g/mol. The van der Waals surface area contributed by atoms with Gasteiger partial charge in [-0.3, -0.25) is 19.8 Å². The Morgan fingerprint density at radius 2 is 1.93 bits per heavy atom. The van der Waals surface area contributed by atoms with Gasteiger partial charge in [0.1, 0.15) is 5.57 Å². The van der Waals surface area contributed by atoms with Gasteiger partial charge in [0.15, 0.2) is 11.5 Å². The van der Waals surface area contributed by atoms with Gasteiger partial charge in [-0.15, -0.1) is 0 Å². The molecule has 28 heavy (non-hydrogen) atoms. The van der Waals surface area contributed by atoms with Crippen molar-refractivity contribution in [1.82, 2.24) is 10.2 Å². The Morgan fingerprint density at radius 1 is 1.21 bits per heavy atom. The molecule has 7 nitrogen and oxygen atoms in total. The van der Waals surface area contributed by atoms with Crippen LogP contribution in [0.25, 0.3) is 6.08 Å². The number of amides is 4. The Labute approximate surface area is 172 Å². The average molecular weight is 451 g/mol. The maximum Gasteiger partial charge on any atom is 0.331 e. The molecule has 0 unspecified atom stereocenters. The number of carbonyl (C=O) groups is 3. The molecule has 1 saturated heterocycles. The van der Waals surface area contributed by atoms with E-state index < -0.39 is 17.8 Å². The lowest BCUT2D eigenvalue weighted by molar-refractivity contribution is -0.132. The minimum absolute atomic E-state index is 0.0664. The van der Waals surface area contributed by atoms with Crippen molar-refractivity contribution in [3.05, 3.63) is 27.7 Å². The zero-order chi connectivity index (χ0) is 20.3. The number of hydrogen-bond acceptors (Lipinski definition) is 5. The highest BCUT2D eigenvalue weighted by molar-refractivity contribution is 9.10. The third kappa shape index (κ3) is 4.06. The van der Waals surface area contributed by atoms with Crippen molar-refractivity contribution >= 4 is 39.9 Å². The third-order valence-corrected chi connectivity index (χ3v) is 5.51. The van der Waals surface area contributed by atoms with Gasteiger partial charge < -0.3 is 9.47 Å². The van der Waals surface area contributed by atoms with Gasteiger partial charge in [-0.05, 0) is 59.5 Å². The summed E-state index contributed by atoms with van der Waals surface area (Å²) in [5.41, 5.74) is 0.520. The van der Waals surface area contributed by atoms with Gasteiger partial charge in [0.25, 0.3) is 11.8 Å². The van der Waals surface area contributed by atoms with Crippen LogP contribution in [0.2, 0.25) is 0 Å². The summed E-state index contributed by atoms with van der Waals surface area (Å²) in [4.78, 5) is 38.8. The molecule has 1 saturated carbocycles. The fourth-order valence-corrected chi connectivity index (χ4v) is 4.19. The van der Waals surface area contributed by atoms with E-state index >= 15 is 0 Å². The van der Waals surface area contributed by atoms with E-state index in [1.165, 1.54) is 18.1 Å². The molecule has 0 aromatic heterocycles. The largest absolute Gasteiger partial charge is 0.493 e. The number of benzene rings is 1. The number of carbonyl (C=O) groups excluding carboxylic acids is 3. The van der Waals surface area contributed by atoms with Gasteiger partial charge in [-0.2, -0.15) is 0 Å². The molecule has 1 aromatic rings. The standard InChI is InChI=1S/C20H23BrN2O5/c1-3-28-17-15(21)10-12(11-16(17)27-2)9-14-18(24)22-20(26)23(19(14)25)13-7-5-4-6-8-13/h9-11,13H,3-8H2,1-2H3,(H,22,24,26). The van der Waals surface area contributed by atoms with Crippen molar-refractivity contribution in [2.75, 3.05) is 13.7 Å². The molecule has 3 rings (SSSR count). The number of nitrogens with zero attached hydrogens (tertiary/aromatic N) is 1. The molecule has 150 valence electrons. The Hall–Kier alpha value is -2.35. The minimum atomic E-state index is -0.689. The highest BCUT2D eigenvalue weighted by Crippen LogP contribution is 2.37. The van der Waals surface area contributed by atoms with Crippen LogP contribution >= 0.6 is 15.9 Å². The highest BCUT2D eigenvalue weighted by Gasteiger charge is 2.40. The van der Waals surface area contributed by atoms with Crippen LogP contribution in [0, 0.1) is 0 Å². The zero-order valence-electron chi connectivity index (χ0n) is 15.9. The summed E-state index contributed by atoms with van der Waals surface area (Å²) in [6.07, 6.45) is 6.05. The minimum Gasteiger partial charge on any atom is -0.493 e. The van der Waals surface area contributed by atoms with Crippen LogP contribution in [0.1, 0.15) is 44.6 Å². The first-order valence-electron chi connectivity index (χ1n) is 9.37. The molecule has 2 fully saturated rings. The van der Waals surface area contributed by atoms with Crippen molar-refractivity contribution in [2.24, 2.45) is 0 Å². The molecule has 0 radical (unpaired) electrons. The highest BCUT2D eigenvalue weighted by atomic mass is 79.9. The van der Waals surface area contributed by atoms with Gasteiger partial charge in [-0.25, -0.2) is 4.79 Å². The second-order valence-corrected chi connectivity index (χ2v) is 7.61. The fourth-order valence-electron chi connectivity index (χ4n) is 3.62. The molecule has 0 atom stereocenters. The number of barbiturate groups is 1. The number of imide groups is 2. The number of nitrogens with one attached hydrogen (secondary N) is 1. The van der Waals surface area contributed by atoms with Crippen molar-refractivity contribution in [2.45, 2.75) is 45.1 Å². The number of rotatable bonds is 5. The molecule has 0 spiro atoms. The summed E-state index contributed by atoms with van der Waals surface area (Å²) in [5.74, 6) is -0.215. The van der Waals surface area contributed by atoms with Gasteiger partial charge in [0.05, 0.1) is 18.2 Å². The lowest BCUT2D eigenvalue weighted by Crippen LogP contribution is -2.58. The van der Waals surface area contributed by atoms with E-state index in [4.69, 9.17) is 9.47 Å². The first-order chi connectivity index (χ1) is 13.5. The molecule has 1 heterocycles.